The third-order valence-electron chi connectivity index (χ3n) is 2.04. The van der Waals surface area contributed by atoms with Gasteiger partial charge in [0.2, 0.25) is 0 Å². The number of hydrogen-bond donors (Lipinski definition) is 1. The molecular weight excluding hydrogens is 278 g/mol. The molecule has 8 heteroatoms. The van der Waals surface area contributed by atoms with Crippen LogP contribution in [0.2, 0.25) is 4.34 Å². The number of nitrogens with one attached hydrogen (secondary N) is 1. The first kappa shape index (κ1) is 12.5. The second kappa shape index (κ2) is 5.11. The van der Waals surface area contributed by atoms with Crippen LogP contribution in [0.15, 0.2) is 30.5 Å². The van der Waals surface area contributed by atoms with E-state index in [0.29, 0.717) is 9.47 Å². The van der Waals surface area contributed by atoms with Gasteiger partial charge in [0, 0.05) is 6.07 Å². The van der Waals surface area contributed by atoms with Crippen LogP contribution in [0.4, 0.5) is 10.8 Å². The molecule has 92 valence electrons. The molecule has 1 aromatic carbocycles. The van der Waals surface area contributed by atoms with Gasteiger partial charge in [0.05, 0.1) is 11.1 Å². The van der Waals surface area contributed by atoms with Gasteiger partial charge >= 0.3 is 0 Å². The Morgan fingerprint density at radius 2 is 2.17 bits per heavy atom. The van der Waals surface area contributed by atoms with Crippen LogP contribution in [0.3, 0.4) is 0 Å². The Morgan fingerprint density at radius 3 is 2.78 bits per heavy atom. The molecule has 0 atom stereocenters. The molecule has 1 heterocycles. The molecule has 1 N–H and O–H groups in total. The average Bonchev–Trinajstić information content (AvgIpc) is 2.74. The SMILES string of the molecule is O=C(Nc1ncc(Cl)s1)c1ccccc1[N+](=O)[O-]. The number of amides is 1. The molecule has 6 nitrogen and oxygen atoms in total. The van der Waals surface area contributed by atoms with E-state index in [0.717, 1.165) is 11.3 Å². The number of aromatic nitrogens is 1. The standard InChI is InChI=1S/C10H6ClN3O3S/c11-8-5-12-10(18-8)13-9(15)6-3-1-2-4-7(6)14(16)17/h1-5H,(H,12,13,15). The van der Waals surface area contributed by atoms with E-state index in [1.165, 1.54) is 24.4 Å². The van der Waals surface area contributed by atoms with E-state index in [2.05, 4.69) is 10.3 Å². The largest absolute Gasteiger partial charge is 0.298 e. The molecule has 0 radical (unpaired) electrons. The Balaban J connectivity index is 2.26. The second-order valence-electron chi connectivity index (χ2n) is 3.20. The van der Waals surface area contributed by atoms with Crippen molar-refractivity contribution in [1.82, 2.24) is 4.98 Å². The maximum atomic E-state index is 11.9. The van der Waals surface area contributed by atoms with Gasteiger partial charge in [-0.05, 0) is 6.07 Å². The van der Waals surface area contributed by atoms with Crippen LogP contribution < -0.4 is 5.32 Å². The van der Waals surface area contributed by atoms with Gasteiger partial charge in [-0.25, -0.2) is 4.98 Å². The topological polar surface area (TPSA) is 85.1 Å². The van der Waals surface area contributed by atoms with Crippen molar-refractivity contribution < 1.29 is 9.72 Å². The maximum Gasteiger partial charge on any atom is 0.282 e. The number of anilines is 1. The minimum atomic E-state index is -0.607. The lowest BCUT2D eigenvalue weighted by Crippen LogP contribution is -2.13. The zero-order chi connectivity index (χ0) is 13.1. The number of halogens is 1. The predicted octanol–water partition coefficient (Wildman–Crippen LogP) is 2.96. The third-order valence-corrected chi connectivity index (χ3v) is 3.07. The number of rotatable bonds is 3. The maximum absolute atomic E-state index is 11.9. The molecule has 18 heavy (non-hydrogen) atoms. The van der Waals surface area contributed by atoms with Gasteiger partial charge in [-0.1, -0.05) is 35.1 Å². The first-order valence-electron chi connectivity index (χ1n) is 4.74. The molecule has 1 aromatic heterocycles. The van der Waals surface area contributed by atoms with Crippen LogP contribution in [0, 0.1) is 10.1 Å². The Bertz CT molecular complexity index is 614. The van der Waals surface area contributed by atoms with Crippen LogP contribution >= 0.6 is 22.9 Å². The van der Waals surface area contributed by atoms with E-state index >= 15 is 0 Å². The number of nitro groups is 1. The summed E-state index contributed by atoms with van der Waals surface area (Å²) in [6, 6.07) is 5.69. The van der Waals surface area contributed by atoms with Crippen LogP contribution in [0.1, 0.15) is 10.4 Å². The molecule has 0 aliphatic carbocycles. The van der Waals surface area contributed by atoms with Crippen LogP contribution in [0.5, 0.6) is 0 Å². The van der Waals surface area contributed by atoms with Crippen molar-refractivity contribution in [3.05, 3.63) is 50.5 Å². The number of carbonyl (C=O) groups excluding carboxylic acids is 1. The molecular formula is C10H6ClN3O3S. The van der Waals surface area contributed by atoms with Gasteiger partial charge in [0.25, 0.3) is 11.6 Å². The minimum Gasteiger partial charge on any atom is -0.298 e. The van der Waals surface area contributed by atoms with Crippen molar-refractivity contribution in [2.75, 3.05) is 5.32 Å². The normalized spacial score (nSPS) is 10.1. The van der Waals surface area contributed by atoms with Crippen LogP contribution in [-0.4, -0.2) is 15.8 Å². The molecule has 0 spiro atoms. The van der Waals surface area contributed by atoms with Crippen molar-refractivity contribution >= 4 is 39.7 Å². The summed E-state index contributed by atoms with van der Waals surface area (Å²) >= 11 is 6.75. The van der Waals surface area contributed by atoms with Crippen LogP contribution in [0.25, 0.3) is 0 Å². The Kier molecular flexibility index (Phi) is 3.54. The number of hydrogen-bond acceptors (Lipinski definition) is 5. The monoisotopic (exact) mass is 283 g/mol. The first-order valence-corrected chi connectivity index (χ1v) is 5.93. The van der Waals surface area contributed by atoms with Gasteiger partial charge in [0.1, 0.15) is 9.90 Å². The molecule has 0 fully saturated rings. The number of thiazole rings is 1. The Labute approximate surface area is 110 Å². The Hall–Kier alpha value is -1.99. The second-order valence-corrected chi connectivity index (χ2v) is 4.86. The van der Waals surface area contributed by atoms with Crippen LogP contribution in [-0.2, 0) is 0 Å². The van der Waals surface area contributed by atoms with E-state index in [9.17, 15) is 14.9 Å². The molecule has 0 saturated heterocycles. The number of carbonyl (C=O) groups is 1. The highest BCUT2D eigenvalue weighted by atomic mass is 35.5. The third kappa shape index (κ3) is 2.63. The Morgan fingerprint density at radius 1 is 1.44 bits per heavy atom. The van der Waals surface area contributed by atoms with Gasteiger partial charge in [-0.2, -0.15) is 0 Å². The molecule has 2 aromatic rings. The summed E-state index contributed by atoms with van der Waals surface area (Å²) in [4.78, 5) is 25.9. The molecule has 0 saturated carbocycles. The van der Waals surface area contributed by atoms with Crippen molar-refractivity contribution in [3.8, 4) is 0 Å². The van der Waals surface area contributed by atoms with Gasteiger partial charge in [-0.15, -0.1) is 0 Å². The fourth-order valence-corrected chi connectivity index (χ4v) is 2.11. The van der Waals surface area contributed by atoms with E-state index in [4.69, 9.17) is 11.6 Å². The van der Waals surface area contributed by atoms with Crippen molar-refractivity contribution in [3.63, 3.8) is 0 Å². The van der Waals surface area contributed by atoms with E-state index in [-0.39, 0.29) is 11.3 Å². The predicted molar refractivity (Wildman–Crippen MR) is 68.2 cm³/mol. The highest BCUT2D eigenvalue weighted by Crippen LogP contribution is 2.24. The summed E-state index contributed by atoms with van der Waals surface area (Å²) in [5.41, 5.74) is -0.272. The summed E-state index contributed by atoms with van der Waals surface area (Å²) in [6.07, 6.45) is 1.39. The van der Waals surface area contributed by atoms with E-state index in [1.807, 2.05) is 0 Å². The summed E-state index contributed by atoms with van der Waals surface area (Å²) in [7, 11) is 0. The minimum absolute atomic E-state index is 0.0196. The lowest BCUT2D eigenvalue weighted by molar-refractivity contribution is -0.385. The van der Waals surface area contributed by atoms with Gasteiger partial charge in [-0.3, -0.25) is 20.2 Å². The number of benzene rings is 1. The van der Waals surface area contributed by atoms with Crippen molar-refractivity contribution in [1.29, 1.82) is 0 Å². The lowest BCUT2D eigenvalue weighted by atomic mass is 10.1. The fraction of sp³-hybridized carbons (Fsp3) is 0. The smallest absolute Gasteiger partial charge is 0.282 e. The molecule has 0 bridgehead atoms. The zero-order valence-corrected chi connectivity index (χ0v) is 10.4. The van der Waals surface area contributed by atoms with E-state index < -0.39 is 10.8 Å². The molecule has 0 unspecified atom stereocenters. The number of para-hydroxylation sites is 1. The zero-order valence-electron chi connectivity index (χ0n) is 8.79. The first-order chi connectivity index (χ1) is 8.58. The molecule has 0 aliphatic heterocycles. The highest BCUT2D eigenvalue weighted by molar-refractivity contribution is 7.19. The average molecular weight is 284 g/mol. The number of nitro benzene ring substituents is 1. The molecule has 0 aliphatic rings. The summed E-state index contributed by atoms with van der Waals surface area (Å²) in [6.45, 7) is 0. The fourth-order valence-electron chi connectivity index (χ4n) is 1.30. The van der Waals surface area contributed by atoms with Gasteiger partial charge in [0.15, 0.2) is 5.13 Å². The lowest BCUT2D eigenvalue weighted by Gasteiger charge is -2.02. The summed E-state index contributed by atoms with van der Waals surface area (Å²) < 4.78 is 0.424. The van der Waals surface area contributed by atoms with Crippen molar-refractivity contribution in [2.45, 2.75) is 0 Å². The molecule has 1 amide bonds. The number of nitrogens with zero attached hydrogens (tertiary/aromatic N) is 2. The summed E-state index contributed by atoms with van der Waals surface area (Å²) in [5, 5.41) is 13.5. The summed E-state index contributed by atoms with van der Waals surface area (Å²) in [5.74, 6) is -0.590. The highest BCUT2D eigenvalue weighted by Gasteiger charge is 2.19. The quantitative estimate of drug-likeness (QED) is 0.693. The van der Waals surface area contributed by atoms with E-state index in [1.54, 1.807) is 6.07 Å². The van der Waals surface area contributed by atoms with Crippen molar-refractivity contribution in [2.24, 2.45) is 0 Å². The molecule has 2 rings (SSSR count). The van der Waals surface area contributed by atoms with Gasteiger partial charge < -0.3 is 0 Å².